The molecule has 0 aliphatic carbocycles. The summed E-state index contributed by atoms with van der Waals surface area (Å²) in [6.45, 7) is 1.07. The quantitative estimate of drug-likeness (QED) is 0.806. The van der Waals surface area contributed by atoms with E-state index in [0.29, 0.717) is 37.2 Å². The number of sulfonamides is 1. The number of benzene rings is 1. The maximum atomic E-state index is 12.6. The summed E-state index contributed by atoms with van der Waals surface area (Å²) in [7, 11) is -3.35. The predicted octanol–water partition coefficient (Wildman–Crippen LogP) is 1.69. The first-order valence-corrected chi connectivity index (χ1v) is 10.4. The summed E-state index contributed by atoms with van der Waals surface area (Å²) in [5.74, 6) is -0.0910. The van der Waals surface area contributed by atoms with Crippen molar-refractivity contribution in [3.63, 3.8) is 0 Å². The van der Waals surface area contributed by atoms with Crippen molar-refractivity contribution in [3.8, 4) is 0 Å². The topological polar surface area (TPSA) is 109 Å². The summed E-state index contributed by atoms with van der Waals surface area (Å²) in [6, 6.07) is 9.58. The molecule has 2 N–H and O–H groups in total. The minimum Gasteiger partial charge on any atom is -0.459 e. The molecule has 1 aromatic carbocycles. The largest absolute Gasteiger partial charge is 0.459 e. The molecule has 1 aliphatic rings. The van der Waals surface area contributed by atoms with Crippen LogP contribution in [0.25, 0.3) is 0 Å². The van der Waals surface area contributed by atoms with Crippen molar-refractivity contribution in [2.75, 3.05) is 24.1 Å². The molecule has 1 aromatic heterocycles. The molecule has 1 fully saturated rings. The maximum Gasteiger partial charge on any atom is 0.287 e. The number of anilines is 1. The number of nitrogens with zero attached hydrogens (tertiary/aromatic N) is 1. The van der Waals surface area contributed by atoms with Crippen LogP contribution in [0.5, 0.6) is 0 Å². The Morgan fingerprint density at radius 2 is 1.78 bits per heavy atom. The van der Waals surface area contributed by atoms with E-state index in [1.807, 2.05) is 0 Å². The van der Waals surface area contributed by atoms with E-state index in [-0.39, 0.29) is 23.6 Å². The highest BCUT2D eigenvalue weighted by Gasteiger charge is 2.25. The van der Waals surface area contributed by atoms with Crippen molar-refractivity contribution < 1.29 is 22.4 Å². The third kappa shape index (κ3) is 5.10. The molecule has 2 aromatic rings. The molecule has 0 spiro atoms. The minimum atomic E-state index is -3.35. The van der Waals surface area contributed by atoms with E-state index in [4.69, 9.17) is 4.42 Å². The van der Waals surface area contributed by atoms with Crippen molar-refractivity contribution in [2.45, 2.75) is 18.9 Å². The van der Waals surface area contributed by atoms with Gasteiger partial charge in [0.05, 0.1) is 12.5 Å². The fraction of sp³-hybridized carbons (Fsp3) is 0.333. The van der Waals surface area contributed by atoms with Gasteiger partial charge in [0.2, 0.25) is 10.0 Å². The Labute approximate surface area is 157 Å². The zero-order valence-corrected chi connectivity index (χ0v) is 15.7. The van der Waals surface area contributed by atoms with Gasteiger partial charge in [-0.25, -0.2) is 8.42 Å². The van der Waals surface area contributed by atoms with Gasteiger partial charge in [0, 0.05) is 30.4 Å². The van der Waals surface area contributed by atoms with Crippen LogP contribution >= 0.6 is 0 Å². The molecule has 0 radical (unpaired) electrons. The first-order valence-electron chi connectivity index (χ1n) is 8.53. The number of rotatable bonds is 5. The van der Waals surface area contributed by atoms with E-state index in [9.17, 15) is 18.0 Å². The van der Waals surface area contributed by atoms with Gasteiger partial charge in [-0.05, 0) is 49.2 Å². The van der Waals surface area contributed by atoms with Gasteiger partial charge in [-0.15, -0.1) is 0 Å². The van der Waals surface area contributed by atoms with Crippen LogP contribution in [0, 0.1) is 0 Å². The SMILES string of the molecule is CS(=O)(=O)Nc1ccc(C(=O)N2CCC(NC(=O)c3ccco3)CC2)cc1. The molecule has 2 heterocycles. The van der Waals surface area contributed by atoms with Crippen LogP contribution in [-0.4, -0.2) is 50.5 Å². The van der Waals surface area contributed by atoms with E-state index < -0.39 is 10.0 Å². The molecule has 0 atom stereocenters. The van der Waals surface area contributed by atoms with E-state index >= 15 is 0 Å². The van der Waals surface area contributed by atoms with Crippen LogP contribution in [0.2, 0.25) is 0 Å². The number of carbonyl (C=O) groups is 2. The Kier molecular flexibility index (Phi) is 5.50. The first kappa shape index (κ1) is 19.0. The summed E-state index contributed by atoms with van der Waals surface area (Å²) in [5.41, 5.74) is 0.903. The van der Waals surface area contributed by atoms with Gasteiger partial charge >= 0.3 is 0 Å². The van der Waals surface area contributed by atoms with Gasteiger partial charge in [-0.1, -0.05) is 0 Å². The van der Waals surface area contributed by atoms with Crippen LogP contribution in [0.15, 0.2) is 47.1 Å². The molecule has 0 saturated carbocycles. The summed E-state index contributed by atoms with van der Waals surface area (Å²) in [6.07, 6.45) is 3.84. The van der Waals surface area contributed by atoms with Gasteiger partial charge in [-0.3, -0.25) is 14.3 Å². The minimum absolute atomic E-state index is 0.00649. The lowest BCUT2D eigenvalue weighted by atomic mass is 10.0. The molecule has 27 heavy (non-hydrogen) atoms. The molecule has 1 aliphatic heterocycles. The highest BCUT2D eigenvalue weighted by Crippen LogP contribution is 2.17. The molecule has 3 rings (SSSR count). The van der Waals surface area contributed by atoms with Crippen LogP contribution in [0.3, 0.4) is 0 Å². The summed E-state index contributed by atoms with van der Waals surface area (Å²) >= 11 is 0. The lowest BCUT2D eigenvalue weighted by Crippen LogP contribution is -2.46. The second-order valence-corrected chi connectivity index (χ2v) is 8.22. The van der Waals surface area contributed by atoms with Crippen molar-refractivity contribution >= 4 is 27.5 Å². The van der Waals surface area contributed by atoms with Crippen LogP contribution < -0.4 is 10.0 Å². The highest BCUT2D eigenvalue weighted by atomic mass is 32.2. The number of nitrogens with one attached hydrogen (secondary N) is 2. The Hall–Kier alpha value is -2.81. The molecule has 8 nitrogen and oxygen atoms in total. The average Bonchev–Trinajstić information content (AvgIpc) is 3.16. The summed E-state index contributed by atoms with van der Waals surface area (Å²) in [4.78, 5) is 26.3. The number of piperidine rings is 1. The monoisotopic (exact) mass is 391 g/mol. The lowest BCUT2D eigenvalue weighted by molar-refractivity contribution is 0.0695. The fourth-order valence-electron chi connectivity index (χ4n) is 2.97. The van der Waals surface area contributed by atoms with Crippen molar-refractivity contribution in [1.29, 1.82) is 0 Å². The lowest BCUT2D eigenvalue weighted by Gasteiger charge is -2.32. The van der Waals surface area contributed by atoms with E-state index in [1.54, 1.807) is 41.3 Å². The van der Waals surface area contributed by atoms with Crippen molar-refractivity contribution in [1.82, 2.24) is 10.2 Å². The van der Waals surface area contributed by atoms with E-state index in [0.717, 1.165) is 6.26 Å². The van der Waals surface area contributed by atoms with Gasteiger partial charge in [-0.2, -0.15) is 0 Å². The Balaban J connectivity index is 1.53. The van der Waals surface area contributed by atoms with Crippen LogP contribution in [-0.2, 0) is 10.0 Å². The Morgan fingerprint density at radius 1 is 1.11 bits per heavy atom. The first-order chi connectivity index (χ1) is 12.8. The van der Waals surface area contributed by atoms with Crippen LogP contribution in [0.1, 0.15) is 33.8 Å². The maximum absolute atomic E-state index is 12.6. The Morgan fingerprint density at radius 3 is 2.33 bits per heavy atom. The number of furan rings is 1. The number of hydrogen-bond acceptors (Lipinski definition) is 5. The number of carbonyl (C=O) groups excluding carboxylic acids is 2. The smallest absolute Gasteiger partial charge is 0.287 e. The van der Waals surface area contributed by atoms with Gasteiger partial charge < -0.3 is 14.6 Å². The second-order valence-electron chi connectivity index (χ2n) is 6.47. The third-order valence-corrected chi connectivity index (χ3v) is 4.90. The number of likely N-dealkylation sites (tertiary alicyclic amines) is 1. The average molecular weight is 391 g/mol. The molecule has 2 amide bonds. The molecule has 9 heteroatoms. The zero-order valence-electron chi connectivity index (χ0n) is 14.8. The molecule has 0 bridgehead atoms. The fourth-order valence-corrected chi connectivity index (χ4v) is 3.53. The van der Waals surface area contributed by atoms with Gasteiger partial charge in [0.25, 0.3) is 11.8 Å². The van der Waals surface area contributed by atoms with Crippen molar-refractivity contribution in [2.24, 2.45) is 0 Å². The zero-order chi connectivity index (χ0) is 19.4. The summed E-state index contributed by atoms with van der Waals surface area (Å²) in [5, 5.41) is 2.91. The predicted molar refractivity (Wildman–Crippen MR) is 100 cm³/mol. The molecule has 0 unspecified atom stereocenters. The van der Waals surface area contributed by atoms with Gasteiger partial charge in [0.1, 0.15) is 0 Å². The highest BCUT2D eigenvalue weighted by molar-refractivity contribution is 7.92. The second kappa shape index (κ2) is 7.83. The molecular formula is C18H21N3O5S. The molecule has 1 saturated heterocycles. The standard InChI is InChI=1S/C18H21N3O5S/c1-27(24,25)20-15-6-4-13(5-7-15)18(23)21-10-8-14(9-11-21)19-17(22)16-3-2-12-26-16/h2-7,12,14,20H,8-11H2,1H3,(H,19,22). The third-order valence-electron chi connectivity index (χ3n) is 4.30. The van der Waals surface area contributed by atoms with Crippen molar-refractivity contribution in [3.05, 3.63) is 54.0 Å². The van der Waals surface area contributed by atoms with Crippen LogP contribution in [0.4, 0.5) is 5.69 Å². The van der Waals surface area contributed by atoms with E-state index in [1.165, 1.54) is 6.26 Å². The Bertz CT molecular complexity index is 899. The molecule has 144 valence electrons. The molecular weight excluding hydrogens is 370 g/mol. The van der Waals surface area contributed by atoms with Gasteiger partial charge in [0.15, 0.2) is 5.76 Å². The number of hydrogen-bond donors (Lipinski definition) is 2. The number of amides is 2. The van der Waals surface area contributed by atoms with E-state index in [2.05, 4.69) is 10.0 Å². The summed E-state index contributed by atoms with van der Waals surface area (Å²) < 4.78 is 29.9. The normalized spacial score (nSPS) is 15.4.